The second kappa shape index (κ2) is 7.09. The highest BCUT2D eigenvalue weighted by atomic mass is 16.5. The Hall–Kier alpha value is -3.93. The Kier molecular flexibility index (Phi) is 4.36. The Labute approximate surface area is 179 Å². The molecule has 0 saturated carbocycles. The third-order valence-electron chi connectivity index (χ3n) is 5.95. The molecule has 0 bridgehead atoms. The number of anilines is 1. The first kappa shape index (κ1) is 19.1. The standard InChI is InChI=1S/C25H22N2O4/c1-26-19-10-5-4-9-18(19)22-23(15-11-12-21(31-3)20(28)13-15)27(25(29)24(22)26)16-7-6-8-17(14-16)30-2/h4-14,23,28H,1-3H3/t23-/m0/s1. The second-order valence-corrected chi connectivity index (χ2v) is 7.55. The molecule has 156 valence electrons. The zero-order valence-corrected chi connectivity index (χ0v) is 17.5. The van der Waals surface area contributed by atoms with Gasteiger partial charge in [0.15, 0.2) is 11.5 Å². The van der Waals surface area contributed by atoms with Crippen LogP contribution in [0.4, 0.5) is 5.69 Å². The summed E-state index contributed by atoms with van der Waals surface area (Å²) in [7, 11) is 5.03. The minimum Gasteiger partial charge on any atom is -0.504 e. The first-order chi connectivity index (χ1) is 15.0. The molecule has 1 amide bonds. The minimum absolute atomic E-state index is 0.0340. The quantitative estimate of drug-likeness (QED) is 0.528. The number of methoxy groups -OCH3 is 2. The summed E-state index contributed by atoms with van der Waals surface area (Å²) in [5.74, 6) is 0.996. The normalized spacial score (nSPS) is 15.4. The van der Waals surface area contributed by atoms with Gasteiger partial charge >= 0.3 is 0 Å². The maximum absolute atomic E-state index is 13.8. The van der Waals surface area contributed by atoms with Crippen LogP contribution in [0.5, 0.6) is 17.2 Å². The lowest BCUT2D eigenvalue weighted by atomic mass is 9.97. The monoisotopic (exact) mass is 414 g/mol. The number of rotatable bonds is 4. The highest BCUT2D eigenvalue weighted by Gasteiger charge is 2.43. The summed E-state index contributed by atoms with van der Waals surface area (Å²) < 4.78 is 12.6. The average Bonchev–Trinajstić information content (AvgIpc) is 3.26. The molecular formula is C25H22N2O4. The number of para-hydroxylation sites is 1. The first-order valence-corrected chi connectivity index (χ1v) is 9.97. The van der Waals surface area contributed by atoms with E-state index >= 15 is 0 Å². The van der Waals surface area contributed by atoms with Gasteiger partial charge in [-0.05, 0) is 35.9 Å². The number of hydrogen-bond donors (Lipinski definition) is 1. The van der Waals surface area contributed by atoms with Gasteiger partial charge in [-0.1, -0.05) is 30.3 Å². The van der Waals surface area contributed by atoms with E-state index in [1.54, 1.807) is 24.1 Å². The van der Waals surface area contributed by atoms with Gasteiger partial charge in [0.2, 0.25) is 0 Å². The fraction of sp³-hybridized carbons (Fsp3) is 0.160. The number of ether oxygens (including phenoxy) is 2. The topological polar surface area (TPSA) is 63.9 Å². The molecule has 1 atom stereocenters. The van der Waals surface area contributed by atoms with E-state index < -0.39 is 6.04 Å². The SMILES string of the molecule is COc1cccc(N2C(=O)c3c(c4ccccc4n3C)[C@@H]2c2ccc(OC)c(O)c2)c1. The molecule has 0 spiro atoms. The highest BCUT2D eigenvalue weighted by molar-refractivity contribution is 6.15. The van der Waals surface area contributed by atoms with Crippen molar-refractivity contribution >= 4 is 22.5 Å². The largest absolute Gasteiger partial charge is 0.504 e. The molecule has 0 aliphatic carbocycles. The number of carbonyl (C=O) groups is 1. The lowest BCUT2D eigenvalue weighted by Gasteiger charge is -2.27. The van der Waals surface area contributed by atoms with Crippen molar-refractivity contribution in [2.24, 2.45) is 7.05 Å². The van der Waals surface area contributed by atoms with E-state index in [4.69, 9.17) is 9.47 Å². The molecule has 3 aromatic carbocycles. The maximum atomic E-state index is 13.8. The van der Waals surface area contributed by atoms with Crippen LogP contribution >= 0.6 is 0 Å². The predicted octanol–water partition coefficient (Wildman–Crippen LogP) is 4.65. The van der Waals surface area contributed by atoms with Crippen LogP contribution in [0.1, 0.15) is 27.7 Å². The number of carbonyl (C=O) groups excluding carboxylic acids is 1. The first-order valence-electron chi connectivity index (χ1n) is 9.97. The van der Waals surface area contributed by atoms with Crippen molar-refractivity contribution in [2.75, 3.05) is 19.1 Å². The average molecular weight is 414 g/mol. The van der Waals surface area contributed by atoms with Crippen LogP contribution in [0.3, 0.4) is 0 Å². The van der Waals surface area contributed by atoms with Gasteiger partial charge in [-0.25, -0.2) is 0 Å². The molecule has 2 heterocycles. The molecule has 6 nitrogen and oxygen atoms in total. The molecule has 31 heavy (non-hydrogen) atoms. The van der Waals surface area contributed by atoms with Crippen LogP contribution in [-0.4, -0.2) is 29.8 Å². The zero-order chi connectivity index (χ0) is 21.7. The number of fused-ring (bicyclic) bond motifs is 3. The van der Waals surface area contributed by atoms with E-state index in [0.29, 0.717) is 17.2 Å². The summed E-state index contributed by atoms with van der Waals surface area (Å²) in [6, 6.07) is 20.3. The Balaban J connectivity index is 1.79. The van der Waals surface area contributed by atoms with E-state index in [-0.39, 0.29) is 11.7 Å². The molecular weight excluding hydrogens is 392 g/mol. The molecule has 1 aliphatic heterocycles. The molecule has 5 rings (SSSR count). The van der Waals surface area contributed by atoms with Gasteiger partial charge in [-0.3, -0.25) is 9.69 Å². The third-order valence-corrected chi connectivity index (χ3v) is 5.95. The summed E-state index contributed by atoms with van der Waals surface area (Å²) >= 11 is 0. The van der Waals surface area contributed by atoms with Crippen molar-refractivity contribution in [3.63, 3.8) is 0 Å². The smallest absolute Gasteiger partial charge is 0.276 e. The van der Waals surface area contributed by atoms with Crippen LogP contribution in [0.2, 0.25) is 0 Å². The second-order valence-electron chi connectivity index (χ2n) is 7.55. The van der Waals surface area contributed by atoms with Crippen molar-refractivity contribution in [3.8, 4) is 17.2 Å². The lowest BCUT2D eigenvalue weighted by molar-refractivity contribution is 0.0986. The van der Waals surface area contributed by atoms with E-state index in [2.05, 4.69) is 0 Å². The molecule has 0 radical (unpaired) electrons. The number of aromatic nitrogens is 1. The van der Waals surface area contributed by atoms with Gasteiger partial charge in [-0.2, -0.15) is 0 Å². The van der Waals surface area contributed by atoms with Crippen molar-refractivity contribution in [2.45, 2.75) is 6.04 Å². The number of phenols is 1. The molecule has 0 fully saturated rings. The van der Waals surface area contributed by atoms with Gasteiger partial charge in [0.25, 0.3) is 5.91 Å². The molecule has 0 unspecified atom stereocenters. The van der Waals surface area contributed by atoms with E-state index in [1.807, 2.05) is 66.2 Å². The number of benzene rings is 3. The number of amides is 1. The van der Waals surface area contributed by atoms with E-state index in [1.165, 1.54) is 7.11 Å². The third kappa shape index (κ3) is 2.75. The van der Waals surface area contributed by atoms with Crippen LogP contribution in [-0.2, 0) is 7.05 Å². The number of hydrogen-bond acceptors (Lipinski definition) is 4. The number of phenolic OH excluding ortho intramolecular Hbond substituents is 1. The summed E-state index contributed by atoms with van der Waals surface area (Å²) in [5, 5.41) is 11.5. The summed E-state index contributed by atoms with van der Waals surface area (Å²) in [6.45, 7) is 0. The minimum atomic E-state index is -0.405. The number of nitrogens with zero attached hydrogens (tertiary/aromatic N) is 2. The molecule has 4 aromatic rings. The Morgan fingerprint density at radius 3 is 2.48 bits per heavy atom. The molecule has 0 saturated heterocycles. The summed E-state index contributed by atoms with van der Waals surface area (Å²) in [4.78, 5) is 15.5. The zero-order valence-electron chi connectivity index (χ0n) is 17.5. The van der Waals surface area contributed by atoms with E-state index in [9.17, 15) is 9.90 Å². The van der Waals surface area contributed by atoms with Crippen LogP contribution in [0.25, 0.3) is 10.9 Å². The van der Waals surface area contributed by atoms with Crippen molar-refractivity contribution < 1.29 is 19.4 Å². The highest BCUT2D eigenvalue weighted by Crippen LogP contribution is 2.47. The lowest BCUT2D eigenvalue weighted by Crippen LogP contribution is -2.29. The van der Waals surface area contributed by atoms with Crippen LogP contribution in [0, 0.1) is 0 Å². The summed E-state index contributed by atoms with van der Waals surface area (Å²) in [6.07, 6.45) is 0. The number of aryl methyl sites for hydroxylation is 1. The number of aromatic hydroxyl groups is 1. The van der Waals surface area contributed by atoms with Gasteiger partial charge in [0.1, 0.15) is 11.4 Å². The molecule has 1 aliphatic rings. The van der Waals surface area contributed by atoms with Crippen molar-refractivity contribution in [1.82, 2.24) is 4.57 Å². The fourth-order valence-electron chi connectivity index (χ4n) is 4.54. The summed E-state index contributed by atoms with van der Waals surface area (Å²) in [5.41, 5.74) is 4.09. The molecule has 1 N–H and O–H groups in total. The van der Waals surface area contributed by atoms with Crippen LogP contribution in [0.15, 0.2) is 66.7 Å². The molecule has 6 heteroatoms. The van der Waals surface area contributed by atoms with Gasteiger partial charge in [0.05, 0.1) is 20.3 Å². The van der Waals surface area contributed by atoms with Gasteiger partial charge in [0, 0.05) is 35.3 Å². The van der Waals surface area contributed by atoms with Crippen molar-refractivity contribution in [1.29, 1.82) is 0 Å². The Bertz CT molecular complexity index is 1320. The fourth-order valence-corrected chi connectivity index (χ4v) is 4.54. The van der Waals surface area contributed by atoms with Crippen molar-refractivity contribution in [3.05, 3.63) is 83.6 Å². The molecule has 1 aromatic heterocycles. The Morgan fingerprint density at radius 2 is 1.74 bits per heavy atom. The van der Waals surface area contributed by atoms with Gasteiger partial charge < -0.3 is 19.1 Å². The predicted molar refractivity (Wildman–Crippen MR) is 119 cm³/mol. The van der Waals surface area contributed by atoms with E-state index in [0.717, 1.165) is 27.7 Å². The van der Waals surface area contributed by atoms with Gasteiger partial charge in [-0.15, -0.1) is 0 Å². The van der Waals surface area contributed by atoms with Crippen LogP contribution < -0.4 is 14.4 Å². The maximum Gasteiger partial charge on any atom is 0.276 e. The Morgan fingerprint density at radius 1 is 0.935 bits per heavy atom.